The van der Waals surface area contributed by atoms with E-state index in [0.717, 1.165) is 0 Å². The monoisotopic (exact) mass is 324 g/mol. The zero-order chi connectivity index (χ0) is 16.9. The topological polar surface area (TPSA) is 118 Å². The molecule has 1 aromatic rings. The Hall–Kier alpha value is -2.35. The predicted molar refractivity (Wildman–Crippen MR) is 78.8 cm³/mol. The molecule has 2 amide bonds. The van der Waals surface area contributed by atoms with E-state index in [9.17, 15) is 19.5 Å². The fourth-order valence-electron chi connectivity index (χ4n) is 2.38. The summed E-state index contributed by atoms with van der Waals surface area (Å²) in [6, 6.07) is 2.25. The lowest BCUT2D eigenvalue weighted by atomic mass is 9.80. The maximum atomic E-state index is 12.1. The Labute approximate surface area is 133 Å². The van der Waals surface area contributed by atoms with Gasteiger partial charge in [0.15, 0.2) is 5.76 Å². The van der Waals surface area contributed by atoms with Gasteiger partial charge in [-0.25, -0.2) is 0 Å². The number of furan rings is 1. The number of carboxylic acid groups (broad SMARTS) is 1. The number of carbonyl (C=O) groups excluding carboxylic acids is 2. The second kappa shape index (κ2) is 7.28. The molecule has 126 valence electrons. The van der Waals surface area contributed by atoms with E-state index >= 15 is 0 Å². The lowest BCUT2D eigenvalue weighted by Gasteiger charge is -2.33. The Bertz CT molecular complexity index is 563. The van der Waals surface area contributed by atoms with E-state index in [1.54, 1.807) is 6.07 Å². The Morgan fingerprint density at radius 3 is 2.61 bits per heavy atom. The van der Waals surface area contributed by atoms with E-state index in [4.69, 9.17) is 9.15 Å². The molecule has 1 unspecified atom stereocenters. The molecule has 0 aliphatic carbocycles. The number of rotatable bonds is 6. The molecule has 0 aromatic carbocycles. The van der Waals surface area contributed by atoms with Gasteiger partial charge in [-0.2, -0.15) is 0 Å². The molecule has 1 atom stereocenters. The number of aliphatic carboxylic acids is 1. The molecule has 1 aliphatic heterocycles. The minimum atomic E-state index is -1.02. The van der Waals surface area contributed by atoms with Crippen molar-refractivity contribution in [3.8, 4) is 0 Å². The molecule has 1 aromatic heterocycles. The zero-order valence-corrected chi connectivity index (χ0v) is 12.8. The molecule has 8 heteroatoms. The molecular formula is C15H20N2O6. The summed E-state index contributed by atoms with van der Waals surface area (Å²) in [6.45, 7) is 2.24. The van der Waals surface area contributed by atoms with Gasteiger partial charge in [-0.1, -0.05) is 0 Å². The summed E-state index contributed by atoms with van der Waals surface area (Å²) in [5, 5.41) is 14.5. The van der Waals surface area contributed by atoms with Crippen LogP contribution in [-0.4, -0.2) is 48.7 Å². The molecule has 0 radical (unpaired) electrons. The van der Waals surface area contributed by atoms with E-state index in [2.05, 4.69) is 10.6 Å². The van der Waals surface area contributed by atoms with Crippen LogP contribution in [0, 0.1) is 5.41 Å². The van der Waals surface area contributed by atoms with Gasteiger partial charge in [0.1, 0.15) is 6.04 Å². The Morgan fingerprint density at radius 1 is 1.35 bits per heavy atom. The number of carbonyl (C=O) groups is 3. The van der Waals surface area contributed by atoms with Gasteiger partial charge < -0.3 is 24.9 Å². The average Bonchev–Trinajstić information content (AvgIpc) is 3.07. The van der Waals surface area contributed by atoms with Crippen molar-refractivity contribution < 1.29 is 28.6 Å². The van der Waals surface area contributed by atoms with Crippen molar-refractivity contribution in [2.24, 2.45) is 5.41 Å². The third kappa shape index (κ3) is 4.10. The number of ether oxygens (including phenoxy) is 1. The summed E-state index contributed by atoms with van der Waals surface area (Å²) in [4.78, 5) is 35.4. The van der Waals surface area contributed by atoms with Crippen molar-refractivity contribution in [2.75, 3.05) is 19.8 Å². The van der Waals surface area contributed by atoms with Crippen LogP contribution < -0.4 is 10.6 Å². The zero-order valence-electron chi connectivity index (χ0n) is 12.8. The smallest absolute Gasteiger partial charge is 0.311 e. The summed E-state index contributed by atoms with van der Waals surface area (Å²) >= 11 is 0. The van der Waals surface area contributed by atoms with Crippen LogP contribution in [0.15, 0.2) is 22.8 Å². The lowest BCUT2D eigenvalue weighted by molar-refractivity contribution is -0.154. The first-order chi connectivity index (χ1) is 10.9. The van der Waals surface area contributed by atoms with Gasteiger partial charge in [0.2, 0.25) is 5.91 Å². The lowest BCUT2D eigenvalue weighted by Crippen LogP contribution is -2.51. The standard InChI is InChI=1S/C15H20N2O6/c1-10(17-13(19)11-3-2-6-23-11)12(18)16-9-15(14(20)21)4-7-22-8-5-15/h2-3,6,10H,4-5,7-9H2,1H3,(H,16,18)(H,17,19)(H,20,21). The molecule has 2 rings (SSSR count). The maximum Gasteiger partial charge on any atom is 0.311 e. The third-order valence-electron chi connectivity index (χ3n) is 3.99. The van der Waals surface area contributed by atoms with Crippen LogP contribution in [-0.2, 0) is 14.3 Å². The van der Waals surface area contributed by atoms with Crippen LogP contribution in [0.3, 0.4) is 0 Å². The summed E-state index contributed by atoms with van der Waals surface area (Å²) in [5.74, 6) is -1.79. The summed E-state index contributed by atoms with van der Waals surface area (Å²) in [5.41, 5.74) is -1.02. The van der Waals surface area contributed by atoms with Crippen LogP contribution in [0.5, 0.6) is 0 Å². The van der Waals surface area contributed by atoms with Crippen molar-refractivity contribution in [3.63, 3.8) is 0 Å². The van der Waals surface area contributed by atoms with Crippen LogP contribution in [0.25, 0.3) is 0 Å². The minimum absolute atomic E-state index is 0.00545. The second-order valence-corrected chi connectivity index (χ2v) is 5.59. The Balaban J connectivity index is 1.87. The van der Waals surface area contributed by atoms with Gasteiger partial charge >= 0.3 is 5.97 Å². The highest BCUT2D eigenvalue weighted by Crippen LogP contribution is 2.30. The van der Waals surface area contributed by atoms with Gasteiger partial charge in [-0.3, -0.25) is 14.4 Å². The average molecular weight is 324 g/mol. The van der Waals surface area contributed by atoms with Gasteiger partial charge in [-0.05, 0) is 31.9 Å². The Kier molecular flexibility index (Phi) is 5.38. The SMILES string of the molecule is CC(NC(=O)c1ccco1)C(=O)NCC1(C(=O)O)CCOCC1. The predicted octanol–water partition coefficient (Wildman–Crippen LogP) is 0.395. The largest absolute Gasteiger partial charge is 0.481 e. The van der Waals surface area contributed by atoms with Crippen molar-refractivity contribution in [1.82, 2.24) is 10.6 Å². The van der Waals surface area contributed by atoms with E-state index < -0.39 is 29.2 Å². The molecule has 0 saturated carbocycles. The third-order valence-corrected chi connectivity index (χ3v) is 3.99. The highest BCUT2D eigenvalue weighted by Gasteiger charge is 2.40. The molecule has 0 spiro atoms. The first-order valence-electron chi connectivity index (χ1n) is 7.38. The van der Waals surface area contributed by atoms with Crippen LogP contribution >= 0.6 is 0 Å². The molecule has 2 heterocycles. The summed E-state index contributed by atoms with van der Waals surface area (Å²) in [6.07, 6.45) is 2.05. The van der Waals surface area contributed by atoms with Gasteiger partial charge in [-0.15, -0.1) is 0 Å². The highest BCUT2D eigenvalue weighted by atomic mass is 16.5. The molecule has 0 bridgehead atoms. The molecule has 23 heavy (non-hydrogen) atoms. The minimum Gasteiger partial charge on any atom is -0.481 e. The van der Waals surface area contributed by atoms with E-state index in [-0.39, 0.29) is 12.3 Å². The number of amides is 2. The first-order valence-corrected chi connectivity index (χ1v) is 7.38. The number of hydrogen-bond acceptors (Lipinski definition) is 5. The van der Waals surface area contributed by atoms with Crippen molar-refractivity contribution in [3.05, 3.63) is 24.2 Å². The second-order valence-electron chi connectivity index (χ2n) is 5.59. The van der Waals surface area contributed by atoms with Crippen molar-refractivity contribution >= 4 is 17.8 Å². The number of carboxylic acids is 1. The van der Waals surface area contributed by atoms with Gasteiger partial charge in [0.05, 0.1) is 11.7 Å². The van der Waals surface area contributed by atoms with E-state index in [1.165, 1.54) is 19.3 Å². The van der Waals surface area contributed by atoms with Crippen molar-refractivity contribution in [1.29, 1.82) is 0 Å². The van der Waals surface area contributed by atoms with Crippen LogP contribution in [0.2, 0.25) is 0 Å². The molecule has 3 N–H and O–H groups in total. The maximum absolute atomic E-state index is 12.1. The van der Waals surface area contributed by atoms with Gasteiger partial charge in [0.25, 0.3) is 5.91 Å². The summed E-state index contributed by atoms with van der Waals surface area (Å²) < 4.78 is 10.1. The molecule has 1 saturated heterocycles. The quantitative estimate of drug-likeness (QED) is 0.697. The van der Waals surface area contributed by atoms with Gasteiger partial charge in [0, 0.05) is 19.8 Å². The summed E-state index contributed by atoms with van der Waals surface area (Å²) in [7, 11) is 0. The number of hydrogen-bond donors (Lipinski definition) is 3. The first kappa shape index (κ1) is 17.0. The normalized spacial score (nSPS) is 18.0. The fourth-order valence-corrected chi connectivity index (χ4v) is 2.38. The Morgan fingerprint density at radius 2 is 2.04 bits per heavy atom. The number of nitrogens with one attached hydrogen (secondary N) is 2. The van der Waals surface area contributed by atoms with E-state index in [0.29, 0.717) is 26.1 Å². The van der Waals surface area contributed by atoms with Crippen LogP contribution in [0.4, 0.5) is 0 Å². The molecule has 1 aliphatic rings. The molecule has 1 fully saturated rings. The van der Waals surface area contributed by atoms with Crippen molar-refractivity contribution in [2.45, 2.75) is 25.8 Å². The molecular weight excluding hydrogens is 304 g/mol. The van der Waals surface area contributed by atoms with E-state index in [1.807, 2.05) is 0 Å². The molecule has 8 nitrogen and oxygen atoms in total. The fraction of sp³-hybridized carbons (Fsp3) is 0.533. The van der Waals surface area contributed by atoms with Crippen LogP contribution in [0.1, 0.15) is 30.3 Å². The highest BCUT2D eigenvalue weighted by molar-refractivity contribution is 5.95.